The van der Waals surface area contributed by atoms with Crippen LogP contribution in [-0.2, 0) is 9.84 Å². The summed E-state index contributed by atoms with van der Waals surface area (Å²) in [5.41, 5.74) is -0.0408. The van der Waals surface area contributed by atoms with Crippen LogP contribution in [0.3, 0.4) is 0 Å². The van der Waals surface area contributed by atoms with Gasteiger partial charge in [-0.1, -0.05) is 0 Å². The fourth-order valence-corrected chi connectivity index (χ4v) is 3.74. The van der Waals surface area contributed by atoms with Crippen LogP contribution in [0.5, 0.6) is 0 Å². The molecule has 0 radical (unpaired) electrons. The van der Waals surface area contributed by atoms with Crippen molar-refractivity contribution in [2.45, 2.75) is 11.3 Å². The van der Waals surface area contributed by atoms with Crippen LogP contribution in [-0.4, -0.2) is 37.3 Å². The summed E-state index contributed by atoms with van der Waals surface area (Å²) < 4.78 is 24.3. The van der Waals surface area contributed by atoms with E-state index in [1.54, 1.807) is 11.8 Å². The number of hydrogen-bond donors (Lipinski definition) is 1. The van der Waals surface area contributed by atoms with E-state index in [0.717, 1.165) is 5.75 Å². The second-order valence-corrected chi connectivity index (χ2v) is 7.56. The van der Waals surface area contributed by atoms with E-state index >= 15 is 0 Å². The van der Waals surface area contributed by atoms with Crippen LogP contribution in [0.25, 0.3) is 0 Å². The highest BCUT2D eigenvalue weighted by Crippen LogP contribution is 2.22. The minimum atomic E-state index is -3.40. The number of sulfone groups is 1. The smallest absolute Gasteiger partial charge is 0.336 e. The first-order valence-corrected chi connectivity index (χ1v) is 8.97. The first-order chi connectivity index (χ1) is 8.38. The Balaban J connectivity index is 3.02. The number of carbonyl (C=O) groups is 1. The predicted octanol–water partition coefficient (Wildman–Crippen LogP) is 2.67. The molecule has 0 aliphatic heterocycles. The van der Waals surface area contributed by atoms with Gasteiger partial charge in [0.15, 0.2) is 9.84 Å². The summed E-state index contributed by atoms with van der Waals surface area (Å²) >= 11 is 4.66. The molecule has 1 aromatic rings. The minimum Gasteiger partial charge on any atom is -0.478 e. The van der Waals surface area contributed by atoms with E-state index in [-0.39, 0.29) is 16.2 Å². The van der Waals surface area contributed by atoms with Gasteiger partial charge < -0.3 is 5.11 Å². The van der Waals surface area contributed by atoms with Crippen LogP contribution in [0.1, 0.15) is 16.8 Å². The van der Waals surface area contributed by atoms with Crippen LogP contribution in [0.2, 0.25) is 0 Å². The van der Waals surface area contributed by atoms with Gasteiger partial charge in [0.2, 0.25) is 0 Å². The van der Waals surface area contributed by atoms with Crippen molar-refractivity contribution in [3.8, 4) is 0 Å². The third-order valence-electron chi connectivity index (χ3n) is 2.29. The van der Waals surface area contributed by atoms with E-state index in [2.05, 4.69) is 15.9 Å². The molecule has 100 valence electrons. The molecule has 1 aromatic carbocycles. The lowest BCUT2D eigenvalue weighted by atomic mass is 10.2. The molecule has 0 atom stereocenters. The topological polar surface area (TPSA) is 71.4 Å². The Hall–Kier alpha value is -0.530. The van der Waals surface area contributed by atoms with Crippen molar-refractivity contribution in [1.82, 2.24) is 0 Å². The highest BCUT2D eigenvalue weighted by Gasteiger charge is 2.17. The zero-order valence-corrected chi connectivity index (χ0v) is 12.9. The van der Waals surface area contributed by atoms with Crippen LogP contribution < -0.4 is 0 Å². The fourth-order valence-electron chi connectivity index (χ4n) is 1.37. The number of benzene rings is 1. The monoisotopic (exact) mass is 352 g/mol. The molecular formula is C11H13BrO4S2. The van der Waals surface area contributed by atoms with Crippen molar-refractivity contribution in [1.29, 1.82) is 0 Å². The molecule has 0 amide bonds. The minimum absolute atomic E-state index is 0.0362. The average molecular weight is 353 g/mol. The Morgan fingerprint density at radius 2 is 2.11 bits per heavy atom. The maximum absolute atomic E-state index is 12.0. The van der Waals surface area contributed by atoms with E-state index in [9.17, 15) is 13.2 Å². The normalized spacial score (nSPS) is 11.4. The number of rotatable bonds is 6. The van der Waals surface area contributed by atoms with E-state index < -0.39 is 15.8 Å². The van der Waals surface area contributed by atoms with Gasteiger partial charge in [-0.15, -0.1) is 0 Å². The summed E-state index contributed by atoms with van der Waals surface area (Å²) in [6.45, 7) is 0. The highest BCUT2D eigenvalue weighted by molar-refractivity contribution is 9.10. The third-order valence-corrected chi connectivity index (χ3v) is 5.48. The van der Waals surface area contributed by atoms with Crippen LogP contribution in [0, 0.1) is 0 Å². The SMILES string of the molecule is CSCCCS(=O)(=O)c1ccc(Br)c(C(=O)O)c1. The van der Waals surface area contributed by atoms with Gasteiger partial charge in [-0.3, -0.25) is 0 Å². The number of aromatic carboxylic acids is 1. The second-order valence-electron chi connectivity index (χ2n) is 3.61. The second kappa shape index (κ2) is 6.58. The molecule has 0 bridgehead atoms. The molecule has 0 unspecified atom stereocenters. The highest BCUT2D eigenvalue weighted by atomic mass is 79.9. The molecule has 1 rings (SSSR count). The molecule has 4 nitrogen and oxygen atoms in total. The molecule has 1 N–H and O–H groups in total. The zero-order chi connectivity index (χ0) is 13.8. The van der Waals surface area contributed by atoms with Crippen molar-refractivity contribution >= 4 is 43.5 Å². The summed E-state index contributed by atoms with van der Waals surface area (Å²) in [6.07, 6.45) is 2.47. The van der Waals surface area contributed by atoms with Gasteiger partial charge in [-0.25, -0.2) is 13.2 Å². The zero-order valence-electron chi connectivity index (χ0n) is 9.72. The maximum atomic E-state index is 12.0. The number of carboxylic acids is 1. The lowest BCUT2D eigenvalue weighted by molar-refractivity contribution is 0.0695. The number of carboxylic acid groups (broad SMARTS) is 1. The predicted molar refractivity (Wildman–Crippen MR) is 76.2 cm³/mol. The van der Waals surface area contributed by atoms with E-state index in [1.807, 2.05) is 6.26 Å². The Kier molecular flexibility index (Phi) is 5.68. The molecule has 0 saturated heterocycles. The van der Waals surface area contributed by atoms with Gasteiger partial charge in [-0.2, -0.15) is 11.8 Å². The molecule has 0 saturated carbocycles. The Labute approximate surface area is 119 Å². The average Bonchev–Trinajstić information content (AvgIpc) is 2.29. The fraction of sp³-hybridized carbons (Fsp3) is 0.364. The molecule has 0 fully saturated rings. The van der Waals surface area contributed by atoms with E-state index in [0.29, 0.717) is 10.9 Å². The Morgan fingerprint density at radius 3 is 2.67 bits per heavy atom. The van der Waals surface area contributed by atoms with Crippen LogP contribution in [0.15, 0.2) is 27.6 Å². The van der Waals surface area contributed by atoms with E-state index in [1.165, 1.54) is 18.2 Å². The van der Waals surface area contributed by atoms with Crippen molar-refractivity contribution in [2.75, 3.05) is 17.8 Å². The van der Waals surface area contributed by atoms with E-state index in [4.69, 9.17) is 5.11 Å². The first-order valence-electron chi connectivity index (χ1n) is 5.13. The molecule has 0 aliphatic rings. The van der Waals surface area contributed by atoms with Gasteiger partial charge in [-0.05, 0) is 52.6 Å². The van der Waals surface area contributed by atoms with Crippen molar-refractivity contribution in [2.24, 2.45) is 0 Å². The van der Waals surface area contributed by atoms with Crippen molar-refractivity contribution in [3.63, 3.8) is 0 Å². The van der Waals surface area contributed by atoms with Gasteiger partial charge in [0, 0.05) is 4.47 Å². The molecule has 7 heteroatoms. The standard InChI is InChI=1S/C11H13BrO4S2/c1-17-5-2-6-18(15,16)8-3-4-10(12)9(7-8)11(13)14/h3-4,7H,2,5-6H2,1H3,(H,13,14). The Morgan fingerprint density at radius 1 is 1.44 bits per heavy atom. The van der Waals surface area contributed by atoms with Gasteiger partial charge in [0.25, 0.3) is 0 Å². The van der Waals surface area contributed by atoms with Crippen LogP contribution in [0.4, 0.5) is 0 Å². The lowest BCUT2D eigenvalue weighted by Crippen LogP contribution is -2.09. The Bertz CT molecular complexity index is 540. The largest absolute Gasteiger partial charge is 0.478 e. The summed E-state index contributed by atoms with van der Waals surface area (Å²) in [4.78, 5) is 11.0. The molecule has 18 heavy (non-hydrogen) atoms. The molecular weight excluding hydrogens is 340 g/mol. The van der Waals surface area contributed by atoms with Crippen LogP contribution >= 0.6 is 27.7 Å². The quantitative estimate of drug-likeness (QED) is 0.796. The third kappa shape index (κ3) is 4.00. The summed E-state index contributed by atoms with van der Waals surface area (Å²) in [5, 5.41) is 8.94. The number of thioether (sulfide) groups is 1. The summed E-state index contributed by atoms with van der Waals surface area (Å²) in [5.74, 6) is -0.348. The molecule has 0 aromatic heterocycles. The number of hydrogen-bond acceptors (Lipinski definition) is 4. The van der Waals surface area contributed by atoms with Crippen molar-refractivity contribution < 1.29 is 18.3 Å². The van der Waals surface area contributed by atoms with Crippen molar-refractivity contribution in [3.05, 3.63) is 28.2 Å². The molecule has 0 spiro atoms. The maximum Gasteiger partial charge on any atom is 0.336 e. The summed E-state index contributed by atoms with van der Waals surface area (Å²) in [6, 6.07) is 4.07. The van der Waals surface area contributed by atoms with Gasteiger partial charge in [0.05, 0.1) is 16.2 Å². The lowest BCUT2D eigenvalue weighted by Gasteiger charge is -2.06. The number of halogens is 1. The molecule has 0 aliphatic carbocycles. The van der Waals surface area contributed by atoms with Gasteiger partial charge in [0.1, 0.15) is 0 Å². The summed E-state index contributed by atoms with van der Waals surface area (Å²) in [7, 11) is -3.40. The molecule has 0 heterocycles. The van der Waals surface area contributed by atoms with Gasteiger partial charge >= 0.3 is 5.97 Å². The first kappa shape index (κ1) is 15.5.